The Morgan fingerprint density at radius 1 is 1.57 bits per heavy atom. The van der Waals surface area contributed by atoms with E-state index in [9.17, 15) is 4.79 Å². The van der Waals surface area contributed by atoms with Crippen LogP contribution in [0.5, 0.6) is 5.75 Å². The molecule has 0 saturated heterocycles. The van der Waals surface area contributed by atoms with E-state index in [0.29, 0.717) is 23.6 Å². The van der Waals surface area contributed by atoms with Crippen molar-refractivity contribution in [3.05, 3.63) is 21.3 Å². The van der Waals surface area contributed by atoms with Crippen molar-refractivity contribution >= 4 is 34.1 Å². The van der Waals surface area contributed by atoms with Gasteiger partial charge in [0.25, 0.3) is 0 Å². The van der Waals surface area contributed by atoms with Crippen LogP contribution in [-0.2, 0) is 0 Å². The Labute approximate surface area is 96.8 Å². The van der Waals surface area contributed by atoms with Gasteiger partial charge in [-0.15, -0.1) is 0 Å². The van der Waals surface area contributed by atoms with Gasteiger partial charge in [-0.3, -0.25) is 4.79 Å². The van der Waals surface area contributed by atoms with Crippen LogP contribution in [0.3, 0.4) is 0 Å². The third kappa shape index (κ3) is 2.37. The second kappa shape index (κ2) is 4.63. The van der Waals surface area contributed by atoms with Gasteiger partial charge in [0.1, 0.15) is 5.75 Å². The lowest BCUT2D eigenvalue weighted by atomic mass is 10.1. The number of ether oxygens (including phenoxy) is 1. The first-order valence-corrected chi connectivity index (χ1v) is 5.37. The maximum Gasteiger partial charge on any atom is 0.162 e. The molecule has 0 atom stereocenters. The molecule has 0 amide bonds. The number of carbonyl (C=O) groups excluding carboxylic acids is 1. The first-order valence-electron chi connectivity index (χ1n) is 4.29. The third-order valence-electron chi connectivity index (χ3n) is 1.79. The van der Waals surface area contributed by atoms with Crippen molar-refractivity contribution in [1.82, 2.24) is 0 Å². The second-order valence-corrected chi connectivity index (χ2v) is 4.10. The quantitative estimate of drug-likeness (QED) is 0.530. The summed E-state index contributed by atoms with van der Waals surface area (Å²) in [6, 6.07) is 3.59. The van der Waals surface area contributed by atoms with Crippen LogP contribution in [0.15, 0.2) is 12.1 Å². The molecule has 0 aliphatic carbocycles. The summed E-state index contributed by atoms with van der Waals surface area (Å²) in [4.78, 5) is 11.2. The van der Waals surface area contributed by atoms with E-state index in [0.717, 1.165) is 3.57 Å². The van der Waals surface area contributed by atoms with Crippen LogP contribution in [-0.4, -0.2) is 12.4 Å². The topological polar surface area (TPSA) is 52.3 Å². The molecule has 0 fully saturated rings. The average molecular weight is 305 g/mol. The third-order valence-corrected chi connectivity index (χ3v) is 2.41. The Balaban J connectivity index is 3.24. The Morgan fingerprint density at radius 2 is 2.21 bits per heavy atom. The zero-order valence-corrected chi connectivity index (χ0v) is 10.3. The van der Waals surface area contributed by atoms with Crippen LogP contribution in [0.4, 0.5) is 5.69 Å². The lowest BCUT2D eigenvalue weighted by Crippen LogP contribution is -2.04. The maximum absolute atomic E-state index is 11.2. The summed E-state index contributed by atoms with van der Waals surface area (Å²) in [6.45, 7) is 3.92. The number of rotatable bonds is 3. The Kier molecular flexibility index (Phi) is 3.74. The number of halogens is 1. The SMILES string of the molecule is CCOc1cc(I)cc(C(C)=O)c1N. The van der Waals surface area contributed by atoms with Crippen molar-refractivity contribution in [2.24, 2.45) is 0 Å². The molecule has 0 aliphatic heterocycles. The first kappa shape index (κ1) is 11.3. The fourth-order valence-corrected chi connectivity index (χ4v) is 1.75. The van der Waals surface area contributed by atoms with Gasteiger partial charge in [-0.2, -0.15) is 0 Å². The van der Waals surface area contributed by atoms with Gasteiger partial charge in [0.05, 0.1) is 12.3 Å². The fraction of sp³-hybridized carbons (Fsp3) is 0.300. The van der Waals surface area contributed by atoms with E-state index in [1.54, 1.807) is 6.07 Å². The van der Waals surface area contributed by atoms with Crippen LogP contribution in [0, 0.1) is 3.57 Å². The van der Waals surface area contributed by atoms with Gasteiger partial charge in [0, 0.05) is 9.13 Å². The molecule has 0 unspecified atom stereocenters. The number of anilines is 1. The number of Topliss-reactive ketones (excluding diaryl/α,β-unsaturated/α-hetero) is 1. The molecule has 2 N–H and O–H groups in total. The van der Waals surface area contributed by atoms with Crippen LogP contribution in [0.1, 0.15) is 24.2 Å². The zero-order valence-electron chi connectivity index (χ0n) is 8.13. The van der Waals surface area contributed by atoms with Gasteiger partial charge in [0.15, 0.2) is 5.78 Å². The number of nitrogen functional groups attached to an aromatic ring is 1. The first-order chi connectivity index (χ1) is 6.56. The van der Waals surface area contributed by atoms with Gasteiger partial charge < -0.3 is 10.5 Å². The standard InChI is InChI=1S/C10H12INO2/c1-3-14-9-5-7(11)4-8(6(2)13)10(9)12/h4-5H,3,12H2,1-2H3. The smallest absolute Gasteiger partial charge is 0.162 e. The highest BCUT2D eigenvalue weighted by molar-refractivity contribution is 14.1. The van der Waals surface area contributed by atoms with E-state index in [1.807, 2.05) is 13.0 Å². The number of ketones is 1. The predicted octanol–water partition coefficient (Wildman–Crippen LogP) is 2.47. The van der Waals surface area contributed by atoms with Crippen molar-refractivity contribution in [1.29, 1.82) is 0 Å². The molecule has 0 aliphatic rings. The summed E-state index contributed by atoms with van der Waals surface area (Å²) in [5, 5.41) is 0. The average Bonchev–Trinajstić information content (AvgIpc) is 2.10. The van der Waals surface area contributed by atoms with Gasteiger partial charge in [-0.05, 0) is 48.6 Å². The maximum atomic E-state index is 11.2. The molecular weight excluding hydrogens is 293 g/mol. The van der Waals surface area contributed by atoms with Crippen LogP contribution in [0.2, 0.25) is 0 Å². The van der Waals surface area contributed by atoms with Crippen molar-refractivity contribution in [2.45, 2.75) is 13.8 Å². The molecule has 0 bridgehead atoms. The molecule has 14 heavy (non-hydrogen) atoms. The van der Waals surface area contributed by atoms with E-state index in [-0.39, 0.29) is 5.78 Å². The highest BCUT2D eigenvalue weighted by atomic mass is 127. The number of hydrogen-bond donors (Lipinski definition) is 1. The van der Waals surface area contributed by atoms with E-state index in [4.69, 9.17) is 10.5 Å². The van der Waals surface area contributed by atoms with E-state index in [2.05, 4.69) is 22.6 Å². The van der Waals surface area contributed by atoms with Gasteiger partial charge in [-0.25, -0.2) is 0 Å². The highest BCUT2D eigenvalue weighted by Crippen LogP contribution is 2.28. The molecule has 0 radical (unpaired) electrons. The largest absolute Gasteiger partial charge is 0.492 e. The molecule has 3 nitrogen and oxygen atoms in total. The van der Waals surface area contributed by atoms with Crippen LogP contribution < -0.4 is 10.5 Å². The minimum atomic E-state index is -0.0398. The molecule has 76 valence electrons. The Morgan fingerprint density at radius 3 is 2.71 bits per heavy atom. The summed E-state index contributed by atoms with van der Waals surface area (Å²) in [5.74, 6) is 0.548. The molecule has 1 rings (SSSR count). The molecule has 0 heterocycles. The number of hydrogen-bond acceptors (Lipinski definition) is 3. The van der Waals surface area contributed by atoms with Gasteiger partial charge in [0.2, 0.25) is 0 Å². The lowest BCUT2D eigenvalue weighted by molar-refractivity contribution is 0.101. The van der Waals surface area contributed by atoms with Crippen molar-refractivity contribution < 1.29 is 9.53 Å². The fourth-order valence-electron chi connectivity index (χ4n) is 1.16. The molecule has 4 heteroatoms. The van der Waals surface area contributed by atoms with Crippen LogP contribution in [0.25, 0.3) is 0 Å². The van der Waals surface area contributed by atoms with Crippen molar-refractivity contribution in [3.8, 4) is 5.75 Å². The highest BCUT2D eigenvalue weighted by Gasteiger charge is 2.11. The number of benzene rings is 1. The predicted molar refractivity (Wildman–Crippen MR) is 64.7 cm³/mol. The van der Waals surface area contributed by atoms with Crippen molar-refractivity contribution in [2.75, 3.05) is 12.3 Å². The molecule has 0 spiro atoms. The minimum absolute atomic E-state index is 0.0398. The molecular formula is C10H12INO2. The summed E-state index contributed by atoms with van der Waals surface area (Å²) in [7, 11) is 0. The number of nitrogens with two attached hydrogens (primary N) is 1. The molecule has 0 aromatic heterocycles. The molecule has 1 aromatic carbocycles. The Hall–Kier alpha value is -0.780. The monoisotopic (exact) mass is 305 g/mol. The van der Waals surface area contributed by atoms with Crippen LogP contribution >= 0.6 is 22.6 Å². The summed E-state index contributed by atoms with van der Waals surface area (Å²) >= 11 is 2.13. The Bertz CT molecular complexity index is 363. The number of carbonyl (C=O) groups is 1. The van der Waals surface area contributed by atoms with E-state index < -0.39 is 0 Å². The minimum Gasteiger partial charge on any atom is -0.492 e. The van der Waals surface area contributed by atoms with E-state index in [1.165, 1.54) is 6.92 Å². The molecule has 0 saturated carbocycles. The molecule has 1 aromatic rings. The normalized spacial score (nSPS) is 9.93. The summed E-state index contributed by atoms with van der Waals surface area (Å²) in [5.41, 5.74) is 6.75. The summed E-state index contributed by atoms with van der Waals surface area (Å²) < 4.78 is 6.28. The van der Waals surface area contributed by atoms with Gasteiger partial charge >= 0.3 is 0 Å². The lowest BCUT2D eigenvalue weighted by Gasteiger charge is -2.10. The van der Waals surface area contributed by atoms with Crippen molar-refractivity contribution in [3.63, 3.8) is 0 Å². The van der Waals surface area contributed by atoms with E-state index >= 15 is 0 Å². The van der Waals surface area contributed by atoms with Gasteiger partial charge in [-0.1, -0.05) is 0 Å². The second-order valence-electron chi connectivity index (χ2n) is 2.85. The zero-order chi connectivity index (χ0) is 10.7. The summed E-state index contributed by atoms with van der Waals surface area (Å²) in [6.07, 6.45) is 0.